The summed E-state index contributed by atoms with van der Waals surface area (Å²) in [6, 6.07) is 6.81. The van der Waals surface area contributed by atoms with Gasteiger partial charge in [0, 0.05) is 32.3 Å². The van der Waals surface area contributed by atoms with Crippen LogP contribution < -0.4 is 0 Å². The van der Waals surface area contributed by atoms with Crippen molar-refractivity contribution in [3.8, 4) is 0 Å². The number of hydrogen-bond acceptors (Lipinski definition) is 8. The molecule has 2 aliphatic heterocycles. The van der Waals surface area contributed by atoms with E-state index in [0.29, 0.717) is 31.2 Å². The Hall–Kier alpha value is -1.07. The molecule has 0 amide bonds. The lowest BCUT2D eigenvalue weighted by Crippen LogP contribution is -2.41. The number of ether oxygens (including phenoxy) is 4. The average Bonchev–Trinajstić information content (AvgIpc) is 3.78. The van der Waals surface area contributed by atoms with Gasteiger partial charge in [0.05, 0.1) is 37.9 Å². The summed E-state index contributed by atoms with van der Waals surface area (Å²) in [5, 5.41) is 9.27. The maximum Gasteiger partial charge on any atom is 0.296 e. The van der Waals surface area contributed by atoms with Crippen LogP contribution in [-0.2, 0) is 33.2 Å². The summed E-state index contributed by atoms with van der Waals surface area (Å²) in [5.41, 5.74) is 1.67. The Morgan fingerprint density at radius 1 is 0.762 bits per heavy atom. The van der Waals surface area contributed by atoms with E-state index >= 15 is 0 Å². The normalized spacial score (nSPS) is 35.3. The largest absolute Gasteiger partial charge is 0.396 e. The Morgan fingerprint density at radius 3 is 1.76 bits per heavy atom. The third kappa shape index (κ3) is 6.77. The van der Waals surface area contributed by atoms with Gasteiger partial charge in [-0.25, -0.2) is 0 Å². The number of aliphatic hydroxyl groups is 1. The van der Waals surface area contributed by atoms with Gasteiger partial charge in [0.2, 0.25) is 0 Å². The van der Waals surface area contributed by atoms with Crippen LogP contribution in [0.3, 0.4) is 0 Å². The second kappa shape index (κ2) is 12.4. The number of hydrogen-bond donors (Lipinski definition) is 1. The van der Waals surface area contributed by atoms with Gasteiger partial charge in [0.25, 0.3) is 10.1 Å². The lowest BCUT2D eigenvalue weighted by molar-refractivity contribution is -0.202. The predicted molar refractivity (Wildman–Crippen MR) is 157 cm³/mol. The van der Waals surface area contributed by atoms with E-state index in [9.17, 15) is 13.5 Å². The molecule has 4 aliphatic carbocycles. The van der Waals surface area contributed by atoms with Crippen LogP contribution in [0.2, 0.25) is 0 Å². The van der Waals surface area contributed by atoms with Crippen LogP contribution in [0.4, 0.5) is 0 Å². The van der Waals surface area contributed by atoms with Crippen LogP contribution in [0.25, 0.3) is 0 Å². The highest BCUT2D eigenvalue weighted by Gasteiger charge is 2.52. The van der Waals surface area contributed by atoms with Crippen molar-refractivity contribution in [1.82, 2.24) is 0 Å². The highest BCUT2D eigenvalue weighted by atomic mass is 32.2. The van der Waals surface area contributed by atoms with E-state index in [0.717, 1.165) is 70.1 Å². The van der Waals surface area contributed by atoms with Crippen molar-refractivity contribution in [2.75, 3.05) is 39.6 Å². The lowest BCUT2D eigenvalue weighted by Gasteiger charge is -2.43. The van der Waals surface area contributed by atoms with Gasteiger partial charge in [0.1, 0.15) is 0 Å². The molecule has 4 atom stereocenters. The third-order valence-electron chi connectivity index (χ3n) is 11.1. The molecule has 0 bridgehead atoms. The quantitative estimate of drug-likeness (QED) is 0.415. The highest BCUT2D eigenvalue weighted by Crippen LogP contribution is 2.56. The molecule has 0 aromatic heterocycles. The summed E-state index contributed by atoms with van der Waals surface area (Å²) < 4.78 is 53.8. The maximum atomic E-state index is 12.4. The van der Waals surface area contributed by atoms with E-state index in [1.54, 1.807) is 24.3 Å². The molecule has 7 rings (SSSR count). The zero-order chi connectivity index (χ0) is 29.3. The topological polar surface area (TPSA) is 101 Å². The van der Waals surface area contributed by atoms with Crippen molar-refractivity contribution >= 4 is 10.1 Å². The molecule has 8 nitrogen and oxygen atoms in total. The molecule has 1 aromatic rings. The Bertz CT molecular complexity index is 1160. The van der Waals surface area contributed by atoms with Gasteiger partial charge in [0.15, 0.2) is 11.6 Å². The summed E-state index contributed by atoms with van der Waals surface area (Å²) in [7, 11) is -3.68. The highest BCUT2D eigenvalue weighted by molar-refractivity contribution is 7.86. The first-order valence-electron chi connectivity index (χ1n) is 16.3. The molecule has 2 heterocycles. The van der Waals surface area contributed by atoms with Gasteiger partial charge in [-0.15, -0.1) is 0 Å². The first-order chi connectivity index (χ1) is 20.2. The van der Waals surface area contributed by atoms with Crippen molar-refractivity contribution in [3.05, 3.63) is 29.8 Å². The van der Waals surface area contributed by atoms with Crippen molar-refractivity contribution in [1.29, 1.82) is 0 Å². The average molecular weight is 607 g/mol. The van der Waals surface area contributed by atoms with E-state index in [-0.39, 0.29) is 34.4 Å². The molecule has 2 saturated heterocycles. The van der Waals surface area contributed by atoms with Crippen LogP contribution in [0, 0.1) is 29.6 Å². The fourth-order valence-electron chi connectivity index (χ4n) is 9.13. The zero-order valence-corrected chi connectivity index (χ0v) is 26.1. The first-order valence-corrected chi connectivity index (χ1v) is 17.7. The molecule has 6 fully saturated rings. The van der Waals surface area contributed by atoms with Gasteiger partial charge >= 0.3 is 0 Å². The summed E-state index contributed by atoms with van der Waals surface area (Å²) in [4.78, 5) is 0.236. The van der Waals surface area contributed by atoms with Crippen LogP contribution >= 0.6 is 0 Å². The third-order valence-corrected chi connectivity index (χ3v) is 12.4. The molecule has 1 N–H and O–H groups in total. The fraction of sp³-hybridized carbons (Fsp3) is 0.818. The second-order valence-corrected chi connectivity index (χ2v) is 15.8. The van der Waals surface area contributed by atoms with E-state index in [1.165, 1.54) is 38.5 Å². The molecule has 9 heteroatoms. The number of aryl methyl sites for hydroxylation is 1. The zero-order valence-electron chi connectivity index (χ0n) is 25.3. The molecule has 4 saturated carbocycles. The molecule has 4 spiro atoms. The maximum absolute atomic E-state index is 12.4. The SMILES string of the molecule is Cc1ccc(S(=O)(=O)OC[C@H]2CC[C@@]3(CCCC4(C3)OCCO4)C2)cc1.OC[C@H]1CC[C@@]2(CCCC3(C2)OCCO3)C1. The van der Waals surface area contributed by atoms with Crippen molar-refractivity contribution in [3.63, 3.8) is 0 Å². The van der Waals surface area contributed by atoms with E-state index in [4.69, 9.17) is 23.1 Å². The minimum Gasteiger partial charge on any atom is -0.396 e. The minimum absolute atomic E-state index is 0.226. The minimum atomic E-state index is -3.68. The van der Waals surface area contributed by atoms with Gasteiger partial charge < -0.3 is 24.1 Å². The molecule has 1 aromatic carbocycles. The van der Waals surface area contributed by atoms with E-state index < -0.39 is 10.1 Å². The summed E-state index contributed by atoms with van der Waals surface area (Å²) >= 11 is 0. The molecular weight excluding hydrogens is 556 g/mol. The van der Waals surface area contributed by atoms with Crippen molar-refractivity contribution < 1.29 is 36.7 Å². The Morgan fingerprint density at radius 2 is 1.26 bits per heavy atom. The summed E-state index contributed by atoms with van der Waals surface area (Å²) in [6.45, 7) is 5.47. The van der Waals surface area contributed by atoms with Crippen molar-refractivity contribution in [2.24, 2.45) is 22.7 Å². The molecule has 42 heavy (non-hydrogen) atoms. The van der Waals surface area contributed by atoms with Crippen molar-refractivity contribution in [2.45, 2.75) is 113 Å². The molecule has 236 valence electrons. The summed E-state index contributed by atoms with van der Waals surface area (Å²) in [6.07, 6.45) is 15.6. The van der Waals surface area contributed by atoms with Gasteiger partial charge in [-0.2, -0.15) is 8.42 Å². The van der Waals surface area contributed by atoms with Gasteiger partial charge in [-0.1, -0.05) is 17.7 Å². The summed E-state index contributed by atoms with van der Waals surface area (Å²) in [5.74, 6) is 0.188. The molecule has 6 aliphatic rings. The van der Waals surface area contributed by atoms with E-state index in [2.05, 4.69) is 0 Å². The lowest BCUT2D eigenvalue weighted by atomic mass is 9.70. The number of benzene rings is 1. The Labute approximate surface area is 251 Å². The van der Waals surface area contributed by atoms with Crippen LogP contribution in [-0.4, -0.2) is 64.7 Å². The smallest absolute Gasteiger partial charge is 0.296 e. The molecular formula is C33H50O8S. The van der Waals surface area contributed by atoms with Crippen LogP contribution in [0.1, 0.15) is 95.5 Å². The number of rotatable bonds is 5. The van der Waals surface area contributed by atoms with Gasteiger partial charge in [-0.3, -0.25) is 4.18 Å². The first kappa shape index (κ1) is 30.9. The van der Waals surface area contributed by atoms with Gasteiger partial charge in [-0.05, 0) is 106 Å². The molecule has 0 unspecified atom stereocenters. The standard InChI is InChI=1S/C20H28O5S.C13H22O3/c1-16-3-5-18(6-4-16)26(21,22)25-14-17-7-10-19(13-17)8-2-9-20(15-19)23-11-12-24-20;14-9-11-2-5-12(8-11)3-1-4-13(10-12)15-6-7-16-13/h3-6,17H,2,7-15H2,1H3;11,14H,1-10H2/t17-,19-;11-,12-/m00/s1. The number of aliphatic hydroxyl groups excluding tert-OH is 1. The Kier molecular flexibility index (Phi) is 9.11. The monoisotopic (exact) mass is 606 g/mol. The van der Waals surface area contributed by atoms with E-state index in [1.807, 2.05) is 6.92 Å². The second-order valence-electron chi connectivity index (χ2n) is 14.2. The fourth-order valence-corrected chi connectivity index (χ4v) is 10.1. The van der Waals surface area contributed by atoms with Crippen LogP contribution in [0.15, 0.2) is 29.2 Å². The van der Waals surface area contributed by atoms with Crippen LogP contribution in [0.5, 0.6) is 0 Å². The Balaban J connectivity index is 0.000000168. The molecule has 0 radical (unpaired) electrons. The predicted octanol–water partition coefficient (Wildman–Crippen LogP) is 5.89.